The molecule has 0 fully saturated rings. The molecule has 2 aromatic carbocycles. The fraction of sp³-hybridized carbons (Fsp3) is 0.200. The van der Waals surface area contributed by atoms with Crippen LogP contribution < -0.4 is 10.5 Å². The molecule has 0 bridgehead atoms. The van der Waals surface area contributed by atoms with Crippen molar-refractivity contribution in [1.82, 2.24) is 0 Å². The van der Waals surface area contributed by atoms with E-state index >= 15 is 0 Å². The van der Waals surface area contributed by atoms with Crippen LogP contribution in [0.1, 0.15) is 18.0 Å². The minimum absolute atomic E-state index is 0.334. The second-order valence-electron chi connectivity index (χ2n) is 4.22. The fourth-order valence-electron chi connectivity index (χ4n) is 1.74. The predicted octanol–water partition coefficient (Wildman–Crippen LogP) is 4.13. The lowest BCUT2D eigenvalue weighted by Crippen LogP contribution is -2.13. The van der Waals surface area contributed by atoms with E-state index in [0.29, 0.717) is 11.3 Å². The number of nitrogens with two attached hydrogens (primary N) is 1. The van der Waals surface area contributed by atoms with E-state index in [4.69, 9.17) is 10.5 Å². The molecular formula is C15H15F2NO. The van der Waals surface area contributed by atoms with Gasteiger partial charge in [0.15, 0.2) is 0 Å². The smallest absolute Gasteiger partial charge is 0.240 e. The Balaban J connectivity index is 2.02. The highest BCUT2D eigenvalue weighted by molar-refractivity contribution is 5.33. The molecule has 4 heteroatoms. The average molecular weight is 263 g/mol. The molecule has 1 atom stereocenters. The lowest BCUT2D eigenvalue weighted by molar-refractivity contribution is 0.128. The molecule has 0 saturated carbocycles. The van der Waals surface area contributed by atoms with E-state index in [1.54, 1.807) is 24.3 Å². The van der Waals surface area contributed by atoms with Crippen LogP contribution in [0.25, 0.3) is 0 Å². The van der Waals surface area contributed by atoms with Crippen LogP contribution in [0.4, 0.5) is 8.78 Å². The summed E-state index contributed by atoms with van der Waals surface area (Å²) in [5, 5.41) is 0. The maximum Gasteiger partial charge on any atom is 0.240 e. The minimum atomic E-state index is -2.39. The maximum atomic E-state index is 12.2. The van der Waals surface area contributed by atoms with Crippen LogP contribution in [-0.4, -0.2) is 6.43 Å². The second-order valence-corrected chi connectivity index (χ2v) is 4.22. The Labute approximate surface area is 110 Å². The Morgan fingerprint density at radius 3 is 2.05 bits per heavy atom. The minimum Gasteiger partial charge on any atom is -0.457 e. The number of alkyl halides is 2. The van der Waals surface area contributed by atoms with Gasteiger partial charge in [-0.1, -0.05) is 30.3 Å². The molecule has 100 valence electrons. The van der Waals surface area contributed by atoms with E-state index in [2.05, 4.69) is 0 Å². The molecule has 0 aliphatic carbocycles. The Bertz CT molecular complexity index is 499. The number of benzene rings is 2. The summed E-state index contributed by atoms with van der Waals surface area (Å²) in [5.74, 6) is 1.38. The lowest BCUT2D eigenvalue weighted by Gasteiger charge is -2.12. The van der Waals surface area contributed by atoms with Crippen LogP contribution in [0.15, 0.2) is 54.6 Å². The van der Waals surface area contributed by atoms with E-state index in [1.165, 1.54) is 0 Å². The molecular weight excluding hydrogens is 248 g/mol. The summed E-state index contributed by atoms with van der Waals surface area (Å²) in [5.41, 5.74) is 6.36. The molecule has 0 radical (unpaired) electrons. The first kappa shape index (κ1) is 13.5. The van der Waals surface area contributed by atoms with E-state index in [1.807, 2.05) is 30.3 Å². The molecule has 2 N–H and O–H groups in total. The summed E-state index contributed by atoms with van der Waals surface area (Å²) in [4.78, 5) is 0. The molecule has 0 saturated heterocycles. The van der Waals surface area contributed by atoms with Gasteiger partial charge >= 0.3 is 0 Å². The SMILES string of the molecule is N[C@@H](CC(F)F)c1ccc(Oc2ccccc2)cc1. The van der Waals surface area contributed by atoms with E-state index in [-0.39, 0.29) is 6.42 Å². The lowest BCUT2D eigenvalue weighted by atomic mass is 10.1. The highest BCUT2D eigenvalue weighted by atomic mass is 19.3. The summed E-state index contributed by atoms with van der Waals surface area (Å²) >= 11 is 0. The van der Waals surface area contributed by atoms with Crippen LogP contribution >= 0.6 is 0 Å². The molecule has 0 amide bonds. The van der Waals surface area contributed by atoms with Gasteiger partial charge in [0.2, 0.25) is 6.43 Å². The van der Waals surface area contributed by atoms with Crippen LogP contribution in [0.3, 0.4) is 0 Å². The summed E-state index contributed by atoms with van der Waals surface area (Å²) in [6.07, 6.45) is -2.73. The molecule has 0 unspecified atom stereocenters. The van der Waals surface area contributed by atoms with Crippen molar-refractivity contribution in [3.63, 3.8) is 0 Å². The fourth-order valence-corrected chi connectivity index (χ4v) is 1.74. The molecule has 0 spiro atoms. The zero-order valence-electron chi connectivity index (χ0n) is 10.3. The van der Waals surface area contributed by atoms with Gasteiger partial charge < -0.3 is 10.5 Å². The third kappa shape index (κ3) is 4.03. The van der Waals surface area contributed by atoms with Crippen molar-refractivity contribution in [2.45, 2.75) is 18.9 Å². The van der Waals surface area contributed by atoms with Crippen molar-refractivity contribution >= 4 is 0 Å². The van der Waals surface area contributed by atoms with Crippen LogP contribution in [0.5, 0.6) is 11.5 Å². The molecule has 2 nitrogen and oxygen atoms in total. The Morgan fingerprint density at radius 1 is 0.895 bits per heavy atom. The number of halogens is 2. The van der Waals surface area contributed by atoms with Gasteiger partial charge in [0.1, 0.15) is 11.5 Å². The Hall–Kier alpha value is -1.94. The first-order valence-corrected chi connectivity index (χ1v) is 6.02. The van der Waals surface area contributed by atoms with Crippen LogP contribution in [-0.2, 0) is 0 Å². The van der Waals surface area contributed by atoms with E-state index < -0.39 is 12.5 Å². The average Bonchev–Trinajstić information content (AvgIpc) is 2.40. The second kappa shape index (κ2) is 6.29. The third-order valence-corrected chi connectivity index (χ3v) is 2.72. The Morgan fingerprint density at radius 2 is 1.47 bits per heavy atom. The normalized spacial score (nSPS) is 12.4. The number of ether oxygens (including phenoxy) is 1. The summed E-state index contributed by atoms with van der Waals surface area (Å²) in [6, 6.07) is 15.6. The van der Waals surface area contributed by atoms with Gasteiger partial charge in [0, 0.05) is 12.5 Å². The number of hydrogen-bond acceptors (Lipinski definition) is 2. The van der Waals surface area contributed by atoms with Crippen molar-refractivity contribution in [3.05, 3.63) is 60.2 Å². The van der Waals surface area contributed by atoms with Crippen molar-refractivity contribution in [3.8, 4) is 11.5 Å². The highest BCUT2D eigenvalue weighted by Gasteiger charge is 2.12. The van der Waals surface area contributed by atoms with Crippen molar-refractivity contribution < 1.29 is 13.5 Å². The summed E-state index contributed by atoms with van der Waals surface area (Å²) in [7, 11) is 0. The molecule has 0 heterocycles. The Kier molecular flexibility index (Phi) is 4.47. The van der Waals surface area contributed by atoms with Gasteiger partial charge in [0.05, 0.1) is 0 Å². The molecule has 0 aliphatic rings. The first-order chi connectivity index (χ1) is 9.15. The number of hydrogen-bond donors (Lipinski definition) is 1. The van der Waals surface area contributed by atoms with Gasteiger partial charge in [-0.3, -0.25) is 0 Å². The van der Waals surface area contributed by atoms with Gasteiger partial charge in [-0.25, -0.2) is 8.78 Å². The number of para-hydroxylation sites is 1. The van der Waals surface area contributed by atoms with Crippen molar-refractivity contribution in [1.29, 1.82) is 0 Å². The molecule has 2 aromatic rings. The molecule has 0 aromatic heterocycles. The van der Waals surface area contributed by atoms with E-state index in [9.17, 15) is 8.78 Å². The quantitative estimate of drug-likeness (QED) is 0.880. The molecule has 2 rings (SSSR count). The van der Waals surface area contributed by atoms with Gasteiger partial charge in [-0.15, -0.1) is 0 Å². The van der Waals surface area contributed by atoms with Gasteiger partial charge in [0.25, 0.3) is 0 Å². The monoisotopic (exact) mass is 263 g/mol. The molecule has 19 heavy (non-hydrogen) atoms. The summed E-state index contributed by atoms with van der Waals surface area (Å²) < 4.78 is 30.1. The topological polar surface area (TPSA) is 35.2 Å². The molecule has 0 aliphatic heterocycles. The zero-order chi connectivity index (χ0) is 13.7. The van der Waals surface area contributed by atoms with Gasteiger partial charge in [-0.05, 0) is 29.8 Å². The van der Waals surface area contributed by atoms with Crippen molar-refractivity contribution in [2.75, 3.05) is 0 Å². The number of rotatable bonds is 5. The zero-order valence-corrected chi connectivity index (χ0v) is 10.3. The standard InChI is InChI=1S/C15H15F2NO/c16-15(17)10-14(18)11-6-8-13(9-7-11)19-12-4-2-1-3-5-12/h1-9,14-15H,10,18H2/t14-/m0/s1. The highest BCUT2D eigenvalue weighted by Crippen LogP contribution is 2.24. The van der Waals surface area contributed by atoms with Crippen LogP contribution in [0, 0.1) is 0 Å². The maximum absolute atomic E-state index is 12.2. The van der Waals surface area contributed by atoms with E-state index in [0.717, 1.165) is 5.75 Å². The van der Waals surface area contributed by atoms with Crippen LogP contribution in [0.2, 0.25) is 0 Å². The van der Waals surface area contributed by atoms with Gasteiger partial charge in [-0.2, -0.15) is 0 Å². The largest absolute Gasteiger partial charge is 0.457 e. The third-order valence-electron chi connectivity index (χ3n) is 2.72. The predicted molar refractivity (Wildman–Crippen MR) is 70.5 cm³/mol. The first-order valence-electron chi connectivity index (χ1n) is 6.02. The van der Waals surface area contributed by atoms with Crippen molar-refractivity contribution in [2.24, 2.45) is 5.73 Å². The summed E-state index contributed by atoms with van der Waals surface area (Å²) in [6.45, 7) is 0.